The quantitative estimate of drug-likeness (QED) is 0.0964. The van der Waals surface area contributed by atoms with Gasteiger partial charge in [0.2, 0.25) is 0 Å². The molecule has 1 rings (SSSR count). The molecule has 0 spiro atoms. The highest BCUT2D eigenvalue weighted by molar-refractivity contribution is 5.26. The van der Waals surface area contributed by atoms with Crippen LogP contribution in [0.3, 0.4) is 0 Å². The molecule has 4 nitrogen and oxygen atoms in total. The van der Waals surface area contributed by atoms with Gasteiger partial charge < -0.3 is 19.7 Å². The summed E-state index contributed by atoms with van der Waals surface area (Å²) in [5.74, 6) is -36.9. The van der Waals surface area contributed by atoms with Gasteiger partial charge in [0.1, 0.15) is 5.75 Å². The third-order valence-electron chi connectivity index (χ3n) is 6.15. The molecule has 0 fully saturated rings. The van der Waals surface area contributed by atoms with Crippen molar-refractivity contribution in [3.05, 3.63) is 42.0 Å². The second-order valence-electron chi connectivity index (χ2n) is 10.2. The molecule has 0 unspecified atom stereocenters. The second-order valence-corrected chi connectivity index (χ2v) is 10.2. The van der Waals surface area contributed by atoms with Crippen LogP contribution in [-0.2, 0) is 11.3 Å². The number of hydrogen-bond acceptors (Lipinski definition) is 4. The summed E-state index contributed by atoms with van der Waals surface area (Å²) in [5, 5.41) is 18.9. The van der Waals surface area contributed by atoms with Crippen molar-refractivity contribution >= 4 is 0 Å². The Morgan fingerprint density at radius 3 is 1.84 bits per heavy atom. The van der Waals surface area contributed by atoms with Gasteiger partial charge in [0.25, 0.3) is 0 Å². The lowest BCUT2D eigenvalue weighted by molar-refractivity contribution is -0.440. The molecule has 0 heterocycles. The van der Waals surface area contributed by atoms with E-state index in [9.17, 15) is 62.2 Å². The van der Waals surface area contributed by atoms with Crippen molar-refractivity contribution in [2.75, 3.05) is 19.8 Å². The Kier molecular flexibility index (Phi) is 12.8. The Morgan fingerprint density at radius 2 is 1.33 bits per heavy atom. The maximum Gasteiger partial charge on any atom is 0.460 e. The van der Waals surface area contributed by atoms with Gasteiger partial charge in [0.05, 0.1) is 25.4 Å². The minimum atomic E-state index is -7.91. The lowest BCUT2D eigenvalue weighted by Gasteiger charge is -2.39. The van der Waals surface area contributed by atoms with Crippen LogP contribution in [0.4, 0.5) is 57.1 Å². The summed E-state index contributed by atoms with van der Waals surface area (Å²) in [7, 11) is 0. The van der Waals surface area contributed by atoms with E-state index in [4.69, 9.17) is 14.6 Å². The molecule has 1 aromatic rings. The molecule has 2 atom stereocenters. The highest BCUT2D eigenvalue weighted by Crippen LogP contribution is 2.60. The van der Waals surface area contributed by atoms with E-state index in [2.05, 4.69) is 0 Å². The smallest absolute Gasteiger partial charge is 0.460 e. The van der Waals surface area contributed by atoms with Gasteiger partial charge in [-0.3, -0.25) is 0 Å². The predicted molar refractivity (Wildman–Crippen MR) is 127 cm³/mol. The van der Waals surface area contributed by atoms with Crippen LogP contribution in [0.15, 0.2) is 36.4 Å². The standard InChI is InChI=1S/C26H31F13O4/c1-17(5-3-10-20(2,41)12-13-40)15-42-16-18-6-8-19(9-7-18)43-14-4-11-21(27,28)22(29,30)23(31,32)24(33,34)25(35,36)26(37,38)39/h3,5-9,17,40-41H,4,10-16H2,1-2H3/t17-,20-/m0/s1. The van der Waals surface area contributed by atoms with Crippen LogP contribution in [0.1, 0.15) is 45.1 Å². The third-order valence-corrected chi connectivity index (χ3v) is 6.15. The zero-order chi connectivity index (χ0) is 33.5. The lowest BCUT2D eigenvalue weighted by Crippen LogP contribution is -2.70. The minimum absolute atomic E-state index is 0.0215. The van der Waals surface area contributed by atoms with Crippen molar-refractivity contribution in [1.82, 2.24) is 0 Å². The molecule has 0 saturated carbocycles. The first kappa shape index (κ1) is 38.8. The van der Waals surface area contributed by atoms with Gasteiger partial charge in [-0.2, -0.15) is 57.1 Å². The Labute approximate surface area is 238 Å². The summed E-state index contributed by atoms with van der Waals surface area (Å²) in [6, 6.07) is 5.53. The summed E-state index contributed by atoms with van der Waals surface area (Å²) >= 11 is 0. The summed E-state index contributed by atoms with van der Waals surface area (Å²) < 4.78 is 181. The maximum atomic E-state index is 13.8. The second kappa shape index (κ2) is 14.2. The molecule has 0 bridgehead atoms. The Hall–Kier alpha value is -2.27. The summed E-state index contributed by atoms with van der Waals surface area (Å²) in [4.78, 5) is 0. The molecule has 0 aliphatic carbocycles. The molecule has 250 valence electrons. The van der Waals surface area contributed by atoms with Gasteiger partial charge in [0, 0.05) is 13.0 Å². The van der Waals surface area contributed by atoms with Gasteiger partial charge in [-0.1, -0.05) is 31.2 Å². The first-order valence-electron chi connectivity index (χ1n) is 12.6. The van der Waals surface area contributed by atoms with E-state index in [0.717, 1.165) is 0 Å². The van der Waals surface area contributed by atoms with Crippen LogP contribution >= 0.6 is 0 Å². The molecule has 17 heteroatoms. The average molecular weight is 655 g/mol. The fraction of sp³-hybridized carbons (Fsp3) is 0.692. The zero-order valence-corrected chi connectivity index (χ0v) is 22.8. The van der Waals surface area contributed by atoms with Gasteiger partial charge in [-0.05, 0) is 49.8 Å². The monoisotopic (exact) mass is 654 g/mol. The van der Waals surface area contributed by atoms with E-state index >= 15 is 0 Å². The van der Waals surface area contributed by atoms with Gasteiger partial charge >= 0.3 is 35.8 Å². The molecule has 0 radical (unpaired) electrons. The molecule has 0 aromatic heterocycles. The van der Waals surface area contributed by atoms with E-state index in [1.165, 1.54) is 24.3 Å². The van der Waals surface area contributed by atoms with Crippen LogP contribution in [0, 0.1) is 5.92 Å². The molecule has 0 aliphatic rings. The number of halogens is 13. The largest absolute Gasteiger partial charge is 0.494 e. The van der Waals surface area contributed by atoms with Crippen molar-refractivity contribution in [1.29, 1.82) is 0 Å². The normalized spacial score (nSPS) is 16.4. The summed E-state index contributed by atoms with van der Waals surface area (Å²) in [5.41, 5.74) is -0.437. The highest BCUT2D eigenvalue weighted by atomic mass is 19.4. The summed E-state index contributed by atoms with van der Waals surface area (Å²) in [6.07, 6.45) is -6.87. The molecular formula is C26H31F13O4. The number of rotatable bonds is 18. The van der Waals surface area contributed by atoms with Crippen molar-refractivity contribution in [2.24, 2.45) is 5.92 Å². The van der Waals surface area contributed by atoms with Crippen LogP contribution in [0.25, 0.3) is 0 Å². The molecule has 0 aliphatic heterocycles. The number of aliphatic hydroxyl groups excluding tert-OH is 1. The third kappa shape index (κ3) is 9.36. The molecule has 2 N–H and O–H groups in total. The number of alkyl halides is 13. The first-order valence-corrected chi connectivity index (χ1v) is 12.6. The van der Waals surface area contributed by atoms with Crippen molar-refractivity contribution in [3.63, 3.8) is 0 Å². The fourth-order valence-corrected chi connectivity index (χ4v) is 3.44. The number of aliphatic hydroxyl groups is 2. The molecule has 0 saturated heterocycles. The van der Waals surface area contributed by atoms with E-state index in [-0.39, 0.29) is 37.9 Å². The Morgan fingerprint density at radius 1 is 0.791 bits per heavy atom. The first-order chi connectivity index (χ1) is 19.4. The Balaban J connectivity index is 2.63. The van der Waals surface area contributed by atoms with Crippen LogP contribution in [0.5, 0.6) is 5.75 Å². The molecule has 0 amide bonds. The van der Waals surface area contributed by atoms with Gasteiger partial charge in [-0.25, -0.2) is 0 Å². The minimum Gasteiger partial charge on any atom is -0.494 e. The van der Waals surface area contributed by atoms with Crippen LogP contribution < -0.4 is 4.74 Å². The number of benzene rings is 1. The highest BCUT2D eigenvalue weighted by Gasteiger charge is 2.90. The van der Waals surface area contributed by atoms with E-state index in [1.807, 2.05) is 13.0 Å². The molecule has 1 aromatic carbocycles. The van der Waals surface area contributed by atoms with Crippen LogP contribution in [0.2, 0.25) is 0 Å². The van der Waals surface area contributed by atoms with Crippen molar-refractivity contribution in [2.45, 2.75) is 87.5 Å². The fourth-order valence-electron chi connectivity index (χ4n) is 3.44. The van der Waals surface area contributed by atoms with Crippen molar-refractivity contribution < 1.29 is 76.8 Å². The number of ether oxygens (including phenoxy) is 2. The van der Waals surface area contributed by atoms with Crippen molar-refractivity contribution in [3.8, 4) is 5.75 Å². The Bertz CT molecular complexity index is 1020. The summed E-state index contributed by atoms with van der Waals surface area (Å²) in [6.45, 7) is 2.81. The van der Waals surface area contributed by atoms with E-state index < -0.39 is 60.8 Å². The van der Waals surface area contributed by atoms with Gasteiger partial charge in [-0.15, -0.1) is 0 Å². The van der Waals surface area contributed by atoms with E-state index in [0.29, 0.717) is 12.0 Å². The molecular weight excluding hydrogens is 623 g/mol. The SMILES string of the molecule is C[C@@H](C=CC[C@](C)(O)CCO)COCc1ccc(OCCCC(F)(F)C(F)(F)C(F)(F)C(F)(F)C(F)(F)C(F)(F)F)cc1. The van der Waals surface area contributed by atoms with Crippen LogP contribution in [-0.4, -0.2) is 71.4 Å². The van der Waals surface area contributed by atoms with E-state index in [1.54, 1.807) is 13.0 Å². The average Bonchev–Trinajstić information content (AvgIpc) is 2.86. The van der Waals surface area contributed by atoms with Gasteiger partial charge in [0.15, 0.2) is 0 Å². The predicted octanol–water partition coefficient (Wildman–Crippen LogP) is 7.82. The zero-order valence-electron chi connectivity index (χ0n) is 22.8. The molecule has 43 heavy (non-hydrogen) atoms. The lowest BCUT2D eigenvalue weighted by atomic mass is 9.92. The maximum absolute atomic E-state index is 13.8. The topological polar surface area (TPSA) is 58.9 Å². The number of hydrogen-bond donors (Lipinski definition) is 2.